The quantitative estimate of drug-likeness (QED) is 0.770. The summed E-state index contributed by atoms with van der Waals surface area (Å²) in [4.78, 5) is 25.4. The molecule has 0 heterocycles. The smallest absolute Gasteiger partial charge is 0.416 e. The first-order valence-corrected chi connectivity index (χ1v) is 8.54. The van der Waals surface area contributed by atoms with E-state index < -0.39 is 11.7 Å². The average Bonchev–Trinajstić information content (AvgIpc) is 2.65. The molecule has 0 saturated carbocycles. The van der Waals surface area contributed by atoms with Crippen molar-refractivity contribution in [1.29, 1.82) is 0 Å². The average molecular weight is 394 g/mol. The maximum atomic E-state index is 12.6. The van der Waals surface area contributed by atoms with Crippen LogP contribution in [0.15, 0.2) is 48.5 Å². The monoisotopic (exact) mass is 394 g/mol. The Labute approximate surface area is 161 Å². The first-order chi connectivity index (χ1) is 13.2. The van der Waals surface area contributed by atoms with Gasteiger partial charge in [-0.05, 0) is 42.0 Å². The molecule has 0 aliphatic carbocycles. The van der Waals surface area contributed by atoms with Crippen LogP contribution in [0.4, 0.5) is 18.9 Å². The number of carbonyl (C=O) groups excluding carboxylic acids is 2. The van der Waals surface area contributed by atoms with Crippen molar-refractivity contribution in [2.75, 3.05) is 19.0 Å². The van der Waals surface area contributed by atoms with Gasteiger partial charge in [0, 0.05) is 32.1 Å². The van der Waals surface area contributed by atoms with Gasteiger partial charge in [-0.25, -0.2) is 0 Å². The second-order valence-corrected chi connectivity index (χ2v) is 6.16. The van der Waals surface area contributed by atoms with Crippen molar-refractivity contribution in [2.45, 2.75) is 26.1 Å². The first-order valence-electron chi connectivity index (χ1n) is 8.54. The van der Waals surface area contributed by atoms with Gasteiger partial charge >= 0.3 is 6.18 Å². The minimum absolute atomic E-state index is 0.0246. The maximum Gasteiger partial charge on any atom is 0.416 e. The highest BCUT2D eigenvalue weighted by Crippen LogP contribution is 2.29. The van der Waals surface area contributed by atoms with E-state index >= 15 is 0 Å². The Balaban J connectivity index is 1.90. The van der Waals surface area contributed by atoms with Crippen LogP contribution in [0.2, 0.25) is 0 Å². The number of hydrogen-bond acceptors (Lipinski definition) is 3. The number of benzene rings is 2. The van der Waals surface area contributed by atoms with Gasteiger partial charge in [-0.15, -0.1) is 0 Å². The highest BCUT2D eigenvalue weighted by molar-refractivity contribution is 5.91. The number of alkyl halides is 3. The molecule has 0 aliphatic heterocycles. The minimum Gasteiger partial charge on any atom is -0.497 e. The van der Waals surface area contributed by atoms with E-state index in [0.717, 1.165) is 17.7 Å². The molecule has 0 fully saturated rings. The molecule has 0 saturated heterocycles. The molecule has 5 nitrogen and oxygen atoms in total. The maximum absolute atomic E-state index is 12.6. The molecule has 8 heteroatoms. The predicted molar refractivity (Wildman–Crippen MR) is 98.8 cm³/mol. The van der Waals surface area contributed by atoms with Gasteiger partial charge < -0.3 is 15.0 Å². The minimum atomic E-state index is -4.42. The molecule has 2 aromatic carbocycles. The van der Waals surface area contributed by atoms with Gasteiger partial charge in [0.15, 0.2) is 0 Å². The lowest BCUT2D eigenvalue weighted by atomic mass is 10.2. The van der Waals surface area contributed by atoms with Gasteiger partial charge in [-0.1, -0.05) is 12.1 Å². The fourth-order valence-electron chi connectivity index (χ4n) is 2.50. The zero-order valence-electron chi connectivity index (χ0n) is 15.5. The summed E-state index contributed by atoms with van der Waals surface area (Å²) in [5.41, 5.74) is 0.370. The van der Waals surface area contributed by atoms with E-state index in [1.54, 1.807) is 19.2 Å². The molecule has 2 rings (SSSR count). The molecule has 2 amide bonds. The first kappa shape index (κ1) is 21.3. The SMILES string of the molecule is COc1ccc(CN(CCC(=O)Nc2ccc(C(F)(F)F)cc2)C(C)=O)cc1. The van der Waals surface area contributed by atoms with Crippen LogP contribution in [-0.2, 0) is 22.3 Å². The zero-order valence-corrected chi connectivity index (χ0v) is 15.5. The number of methoxy groups -OCH3 is 1. The highest BCUT2D eigenvalue weighted by Gasteiger charge is 2.30. The predicted octanol–water partition coefficient (Wildman–Crippen LogP) is 4.09. The lowest BCUT2D eigenvalue weighted by molar-refractivity contribution is -0.137. The van der Waals surface area contributed by atoms with E-state index in [-0.39, 0.29) is 30.5 Å². The lowest BCUT2D eigenvalue weighted by Crippen LogP contribution is -2.31. The highest BCUT2D eigenvalue weighted by atomic mass is 19.4. The van der Waals surface area contributed by atoms with Crippen LogP contribution in [0.1, 0.15) is 24.5 Å². The van der Waals surface area contributed by atoms with Gasteiger partial charge in [-0.3, -0.25) is 9.59 Å². The summed E-state index contributed by atoms with van der Waals surface area (Å²) in [5.74, 6) is 0.132. The topological polar surface area (TPSA) is 58.6 Å². The van der Waals surface area contributed by atoms with E-state index in [9.17, 15) is 22.8 Å². The van der Waals surface area contributed by atoms with E-state index in [2.05, 4.69) is 5.32 Å². The number of halogens is 3. The van der Waals surface area contributed by atoms with Gasteiger partial charge in [0.25, 0.3) is 0 Å². The van der Waals surface area contributed by atoms with E-state index in [0.29, 0.717) is 12.3 Å². The van der Waals surface area contributed by atoms with E-state index in [1.807, 2.05) is 12.1 Å². The molecule has 0 aromatic heterocycles. The van der Waals surface area contributed by atoms with Gasteiger partial charge in [-0.2, -0.15) is 13.2 Å². The summed E-state index contributed by atoms with van der Waals surface area (Å²) < 4.78 is 42.8. The third-order valence-electron chi connectivity index (χ3n) is 4.08. The number of nitrogens with one attached hydrogen (secondary N) is 1. The molecule has 0 atom stereocenters. The van der Waals surface area contributed by atoms with Gasteiger partial charge in [0.2, 0.25) is 11.8 Å². The summed E-state index contributed by atoms with van der Waals surface area (Å²) in [5, 5.41) is 2.53. The lowest BCUT2D eigenvalue weighted by Gasteiger charge is -2.21. The summed E-state index contributed by atoms with van der Waals surface area (Å²) in [7, 11) is 1.56. The second-order valence-electron chi connectivity index (χ2n) is 6.16. The molecule has 28 heavy (non-hydrogen) atoms. The number of hydrogen-bond donors (Lipinski definition) is 1. The Morgan fingerprint density at radius 2 is 1.64 bits per heavy atom. The van der Waals surface area contributed by atoms with Crippen LogP contribution in [0.3, 0.4) is 0 Å². The fraction of sp³-hybridized carbons (Fsp3) is 0.300. The van der Waals surface area contributed by atoms with E-state index in [4.69, 9.17) is 4.74 Å². The number of carbonyl (C=O) groups is 2. The largest absolute Gasteiger partial charge is 0.497 e. The number of nitrogens with zero attached hydrogens (tertiary/aromatic N) is 1. The Morgan fingerprint density at radius 3 is 2.14 bits per heavy atom. The number of anilines is 1. The number of rotatable bonds is 7. The Kier molecular flexibility index (Phi) is 7.03. The Bertz CT molecular complexity index is 803. The van der Waals surface area contributed by atoms with Crippen molar-refractivity contribution in [2.24, 2.45) is 0 Å². The summed E-state index contributed by atoms with van der Waals surface area (Å²) in [6, 6.07) is 11.4. The van der Waals surface area contributed by atoms with Crippen LogP contribution in [-0.4, -0.2) is 30.4 Å². The number of amides is 2. The van der Waals surface area contributed by atoms with Crippen molar-refractivity contribution in [1.82, 2.24) is 4.90 Å². The fourth-order valence-corrected chi connectivity index (χ4v) is 2.50. The molecule has 2 aromatic rings. The third kappa shape index (κ3) is 6.29. The molecular formula is C20H21F3N2O3. The van der Waals surface area contributed by atoms with Crippen molar-refractivity contribution in [3.8, 4) is 5.75 Å². The van der Waals surface area contributed by atoms with E-state index in [1.165, 1.54) is 24.0 Å². The molecule has 0 radical (unpaired) electrons. The second kappa shape index (κ2) is 9.25. The number of ether oxygens (including phenoxy) is 1. The van der Waals surface area contributed by atoms with Crippen LogP contribution in [0.5, 0.6) is 5.75 Å². The summed E-state index contributed by atoms with van der Waals surface area (Å²) in [6.45, 7) is 1.94. The third-order valence-corrected chi connectivity index (χ3v) is 4.08. The van der Waals surface area contributed by atoms with Crippen LogP contribution in [0, 0.1) is 0 Å². The summed E-state index contributed by atoms with van der Waals surface area (Å²) >= 11 is 0. The van der Waals surface area contributed by atoms with Crippen LogP contribution in [0.25, 0.3) is 0 Å². The molecule has 150 valence electrons. The Morgan fingerprint density at radius 1 is 1.04 bits per heavy atom. The summed E-state index contributed by atoms with van der Waals surface area (Å²) in [6.07, 6.45) is -4.40. The molecule has 0 spiro atoms. The Hall–Kier alpha value is -3.03. The molecule has 1 N–H and O–H groups in total. The molecule has 0 aliphatic rings. The molecule has 0 unspecified atom stereocenters. The zero-order chi connectivity index (χ0) is 20.7. The van der Waals surface area contributed by atoms with Crippen molar-refractivity contribution in [3.05, 3.63) is 59.7 Å². The van der Waals surface area contributed by atoms with Gasteiger partial charge in [0.1, 0.15) is 5.75 Å². The normalized spacial score (nSPS) is 11.0. The molecular weight excluding hydrogens is 373 g/mol. The van der Waals surface area contributed by atoms with Crippen molar-refractivity contribution >= 4 is 17.5 Å². The van der Waals surface area contributed by atoms with Crippen LogP contribution < -0.4 is 10.1 Å². The van der Waals surface area contributed by atoms with Crippen molar-refractivity contribution in [3.63, 3.8) is 0 Å². The van der Waals surface area contributed by atoms with Gasteiger partial charge in [0.05, 0.1) is 12.7 Å². The standard InChI is InChI=1S/C20H21F3N2O3/c1-14(26)25(13-15-3-9-18(28-2)10-4-15)12-11-19(27)24-17-7-5-16(6-8-17)20(21,22)23/h3-10H,11-13H2,1-2H3,(H,24,27). The van der Waals surface area contributed by atoms with Crippen LogP contribution >= 0.6 is 0 Å². The van der Waals surface area contributed by atoms with Crippen molar-refractivity contribution < 1.29 is 27.5 Å². The molecule has 0 bridgehead atoms.